The van der Waals surface area contributed by atoms with Gasteiger partial charge in [-0.2, -0.15) is 5.26 Å². The van der Waals surface area contributed by atoms with E-state index in [-0.39, 0.29) is 5.56 Å². The highest BCUT2D eigenvalue weighted by molar-refractivity contribution is 6.30. The zero-order valence-corrected chi connectivity index (χ0v) is 11.3. The molecule has 1 aromatic heterocycles. The van der Waals surface area contributed by atoms with Gasteiger partial charge in [0.15, 0.2) is 5.75 Å². The smallest absolute Gasteiger partial charge is 0.291 e. The Morgan fingerprint density at radius 2 is 2.15 bits per heavy atom. The zero-order valence-electron chi connectivity index (χ0n) is 10.5. The third-order valence-electron chi connectivity index (χ3n) is 3.18. The summed E-state index contributed by atoms with van der Waals surface area (Å²) in [6.45, 7) is 0. The molecule has 0 unspecified atom stereocenters. The number of hydrogen-bond donors (Lipinski definition) is 1. The SMILES string of the molecule is N#Cc1cc(Cl)cc(Oc2c(C3CC3)cc[nH]c2=O)c1. The summed E-state index contributed by atoms with van der Waals surface area (Å²) >= 11 is 5.93. The summed E-state index contributed by atoms with van der Waals surface area (Å²) < 4.78 is 5.69. The van der Waals surface area contributed by atoms with Crippen molar-refractivity contribution in [1.29, 1.82) is 5.26 Å². The van der Waals surface area contributed by atoms with Crippen LogP contribution >= 0.6 is 11.6 Å². The first-order chi connectivity index (χ1) is 9.67. The predicted octanol–water partition coefficient (Wildman–Crippen LogP) is 3.57. The minimum atomic E-state index is -0.270. The lowest BCUT2D eigenvalue weighted by Gasteiger charge is -2.10. The van der Waals surface area contributed by atoms with Gasteiger partial charge in [-0.1, -0.05) is 11.6 Å². The number of nitrogens with zero attached hydrogens (tertiary/aromatic N) is 1. The van der Waals surface area contributed by atoms with Crippen molar-refractivity contribution in [2.24, 2.45) is 0 Å². The van der Waals surface area contributed by atoms with Crippen molar-refractivity contribution in [3.8, 4) is 17.6 Å². The fourth-order valence-electron chi connectivity index (χ4n) is 2.10. The van der Waals surface area contributed by atoms with Gasteiger partial charge in [-0.15, -0.1) is 0 Å². The summed E-state index contributed by atoms with van der Waals surface area (Å²) in [5.41, 5.74) is 1.04. The van der Waals surface area contributed by atoms with Crippen LogP contribution in [-0.4, -0.2) is 4.98 Å². The van der Waals surface area contributed by atoms with Gasteiger partial charge in [0.05, 0.1) is 11.6 Å². The van der Waals surface area contributed by atoms with E-state index in [9.17, 15) is 4.79 Å². The predicted molar refractivity (Wildman–Crippen MR) is 75.3 cm³/mol. The van der Waals surface area contributed by atoms with Crippen LogP contribution in [0.15, 0.2) is 35.3 Å². The normalized spacial score (nSPS) is 13.8. The van der Waals surface area contributed by atoms with Crippen LogP contribution in [-0.2, 0) is 0 Å². The Bertz CT molecular complexity index is 757. The molecule has 1 N–H and O–H groups in total. The van der Waals surface area contributed by atoms with Crippen LogP contribution in [0.5, 0.6) is 11.5 Å². The van der Waals surface area contributed by atoms with Crippen molar-refractivity contribution in [3.63, 3.8) is 0 Å². The molecule has 1 aromatic carbocycles. The second kappa shape index (κ2) is 5.03. The molecule has 5 heteroatoms. The number of rotatable bonds is 3. The first kappa shape index (κ1) is 12.8. The highest BCUT2D eigenvalue weighted by atomic mass is 35.5. The second-order valence-electron chi connectivity index (χ2n) is 4.76. The molecule has 2 aromatic rings. The number of pyridine rings is 1. The lowest BCUT2D eigenvalue weighted by atomic mass is 10.1. The average molecular weight is 287 g/mol. The van der Waals surface area contributed by atoms with Crippen molar-refractivity contribution in [3.05, 3.63) is 57.0 Å². The molecule has 0 aliphatic heterocycles. The summed E-state index contributed by atoms with van der Waals surface area (Å²) in [4.78, 5) is 14.5. The average Bonchev–Trinajstić information content (AvgIpc) is 3.25. The fraction of sp³-hybridized carbons (Fsp3) is 0.200. The van der Waals surface area contributed by atoms with E-state index in [1.54, 1.807) is 24.4 Å². The summed E-state index contributed by atoms with van der Waals surface area (Å²) in [5.74, 6) is 1.08. The molecule has 0 radical (unpaired) electrons. The fourth-order valence-corrected chi connectivity index (χ4v) is 2.33. The number of ether oxygens (including phenoxy) is 1. The van der Waals surface area contributed by atoms with Gasteiger partial charge in [0.1, 0.15) is 5.75 Å². The Labute approximate surface area is 120 Å². The van der Waals surface area contributed by atoms with Crippen molar-refractivity contribution in [1.82, 2.24) is 4.98 Å². The molecular formula is C15H11ClN2O2. The molecule has 0 saturated heterocycles. The van der Waals surface area contributed by atoms with Gasteiger partial charge in [-0.3, -0.25) is 4.79 Å². The van der Waals surface area contributed by atoms with Crippen LogP contribution < -0.4 is 10.3 Å². The lowest BCUT2D eigenvalue weighted by Crippen LogP contribution is -2.10. The first-order valence-electron chi connectivity index (χ1n) is 6.27. The largest absolute Gasteiger partial charge is 0.451 e. The molecule has 0 bridgehead atoms. The highest BCUT2D eigenvalue weighted by Crippen LogP contribution is 2.43. The number of halogens is 1. The Morgan fingerprint density at radius 3 is 2.85 bits per heavy atom. The maximum atomic E-state index is 11.9. The number of nitriles is 1. The Morgan fingerprint density at radius 1 is 1.35 bits per heavy atom. The van der Waals surface area contributed by atoms with Crippen molar-refractivity contribution < 1.29 is 4.74 Å². The maximum absolute atomic E-state index is 11.9. The van der Waals surface area contributed by atoms with Gasteiger partial charge in [-0.05, 0) is 43.0 Å². The van der Waals surface area contributed by atoms with Crippen molar-refractivity contribution in [2.75, 3.05) is 0 Å². The number of aromatic nitrogens is 1. The number of H-pyrrole nitrogens is 1. The van der Waals surface area contributed by atoms with Crippen molar-refractivity contribution >= 4 is 11.6 Å². The van der Waals surface area contributed by atoms with E-state index in [2.05, 4.69) is 4.98 Å². The van der Waals surface area contributed by atoms with Crippen LogP contribution in [0.4, 0.5) is 0 Å². The van der Waals surface area contributed by atoms with E-state index >= 15 is 0 Å². The molecule has 4 nitrogen and oxygen atoms in total. The standard InChI is InChI=1S/C15H11ClN2O2/c16-11-5-9(8-17)6-12(7-11)20-14-13(10-1-2-10)3-4-18-15(14)19/h3-7,10H,1-2H2,(H,18,19). The van der Waals surface area contributed by atoms with Gasteiger partial charge in [0.25, 0.3) is 5.56 Å². The minimum Gasteiger partial charge on any atom is -0.451 e. The molecular weight excluding hydrogens is 276 g/mol. The van der Waals surface area contributed by atoms with E-state index in [1.807, 2.05) is 12.1 Å². The van der Waals surface area contributed by atoms with E-state index in [4.69, 9.17) is 21.6 Å². The lowest BCUT2D eigenvalue weighted by molar-refractivity contribution is 0.468. The van der Waals surface area contributed by atoms with Gasteiger partial charge < -0.3 is 9.72 Å². The third-order valence-corrected chi connectivity index (χ3v) is 3.40. The third kappa shape index (κ3) is 2.54. The Balaban J connectivity index is 2.01. The first-order valence-corrected chi connectivity index (χ1v) is 6.65. The molecule has 1 aliphatic carbocycles. The number of benzene rings is 1. The molecule has 1 saturated carbocycles. The van der Waals surface area contributed by atoms with Crippen molar-refractivity contribution in [2.45, 2.75) is 18.8 Å². The number of aromatic amines is 1. The Kier molecular flexibility index (Phi) is 3.21. The van der Waals surface area contributed by atoms with E-state index in [0.29, 0.717) is 28.0 Å². The van der Waals surface area contributed by atoms with Crippen LogP contribution in [0.1, 0.15) is 29.9 Å². The quantitative estimate of drug-likeness (QED) is 0.938. The van der Waals surface area contributed by atoms with E-state index in [0.717, 1.165) is 18.4 Å². The minimum absolute atomic E-state index is 0.270. The van der Waals surface area contributed by atoms with E-state index < -0.39 is 0 Å². The summed E-state index contributed by atoms with van der Waals surface area (Å²) in [6.07, 6.45) is 3.76. The number of hydrogen-bond acceptors (Lipinski definition) is 3. The Hall–Kier alpha value is -2.25. The van der Waals surface area contributed by atoms with E-state index in [1.165, 1.54) is 0 Å². The molecule has 1 aliphatic rings. The summed E-state index contributed by atoms with van der Waals surface area (Å²) in [6, 6.07) is 8.57. The van der Waals surface area contributed by atoms with Crippen LogP contribution in [0.2, 0.25) is 5.02 Å². The van der Waals surface area contributed by atoms with Gasteiger partial charge >= 0.3 is 0 Å². The maximum Gasteiger partial charge on any atom is 0.291 e. The van der Waals surface area contributed by atoms with Gasteiger partial charge in [-0.25, -0.2) is 0 Å². The molecule has 0 amide bonds. The molecule has 100 valence electrons. The van der Waals surface area contributed by atoms with Gasteiger partial charge in [0, 0.05) is 16.8 Å². The molecule has 1 heterocycles. The highest BCUT2D eigenvalue weighted by Gasteiger charge is 2.28. The molecule has 3 rings (SSSR count). The second-order valence-corrected chi connectivity index (χ2v) is 5.19. The summed E-state index contributed by atoms with van der Waals surface area (Å²) in [7, 11) is 0. The molecule has 1 fully saturated rings. The van der Waals surface area contributed by atoms with Crippen LogP contribution in [0.25, 0.3) is 0 Å². The topological polar surface area (TPSA) is 65.9 Å². The zero-order chi connectivity index (χ0) is 14.1. The van der Waals surface area contributed by atoms with Crippen LogP contribution in [0, 0.1) is 11.3 Å². The molecule has 20 heavy (non-hydrogen) atoms. The van der Waals surface area contributed by atoms with Gasteiger partial charge in [0.2, 0.25) is 0 Å². The number of nitrogens with one attached hydrogen (secondary N) is 1. The van der Waals surface area contributed by atoms with Crippen LogP contribution in [0.3, 0.4) is 0 Å². The monoisotopic (exact) mass is 286 g/mol. The summed E-state index contributed by atoms with van der Waals surface area (Å²) in [5, 5.41) is 9.33. The molecule has 0 spiro atoms. The molecule has 0 atom stereocenters.